The van der Waals surface area contributed by atoms with Crippen molar-refractivity contribution in [2.24, 2.45) is 0 Å². The Hall–Kier alpha value is -3.99. The van der Waals surface area contributed by atoms with Crippen molar-refractivity contribution >= 4 is 45.7 Å². The van der Waals surface area contributed by atoms with E-state index in [9.17, 15) is 4.79 Å². The van der Waals surface area contributed by atoms with Gasteiger partial charge in [0.05, 0.1) is 40.1 Å². The van der Waals surface area contributed by atoms with Gasteiger partial charge in [0.2, 0.25) is 0 Å². The van der Waals surface area contributed by atoms with Gasteiger partial charge >= 0.3 is 5.97 Å². The van der Waals surface area contributed by atoms with Crippen LogP contribution in [-0.2, 0) is 18.9 Å². The van der Waals surface area contributed by atoms with E-state index in [2.05, 4.69) is 88.5 Å². The monoisotopic (exact) mass is 629 g/mol. The quantitative estimate of drug-likeness (QED) is 0.0801. The molecular formula is C35H35NO6S2. The number of rotatable bonds is 16. The van der Waals surface area contributed by atoms with Gasteiger partial charge in [0.25, 0.3) is 0 Å². The first-order chi connectivity index (χ1) is 21.7. The standard InChI is InChI=1S/C35H35NO6S2/c1-38-17-18-40-19-20-41-21-22-42-32-16-15-30(25-31(32)35(37)39-2)36(28-11-7-26(8-12-28)33-5-3-23-43-33)29-13-9-27(10-14-29)34-6-4-24-44-34/h3-16,23-25H,17-22H2,1-2H3. The molecule has 228 valence electrons. The fourth-order valence-electron chi connectivity index (χ4n) is 4.61. The highest BCUT2D eigenvalue weighted by Crippen LogP contribution is 2.39. The van der Waals surface area contributed by atoms with Gasteiger partial charge in [0.15, 0.2) is 0 Å². The Balaban J connectivity index is 1.39. The smallest absolute Gasteiger partial charge is 0.341 e. The second kappa shape index (κ2) is 16.2. The highest BCUT2D eigenvalue weighted by Gasteiger charge is 2.19. The topological polar surface area (TPSA) is 66.5 Å². The largest absolute Gasteiger partial charge is 0.490 e. The van der Waals surface area contributed by atoms with Crippen LogP contribution in [-0.4, -0.2) is 59.8 Å². The number of hydrogen-bond acceptors (Lipinski definition) is 9. The Kier molecular flexibility index (Phi) is 11.6. The minimum Gasteiger partial charge on any atom is -0.490 e. The van der Waals surface area contributed by atoms with Gasteiger partial charge in [-0.2, -0.15) is 0 Å². The fourth-order valence-corrected chi connectivity index (χ4v) is 6.08. The number of ether oxygens (including phenoxy) is 5. The molecule has 5 rings (SSSR count). The Morgan fingerprint density at radius 3 is 1.66 bits per heavy atom. The van der Waals surface area contributed by atoms with E-state index in [1.165, 1.54) is 16.9 Å². The molecule has 0 saturated heterocycles. The summed E-state index contributed by atoms with van der Waals surface area (Å²) in [5.74, 6) is -0.0445. The van der Waals surface area contributed by atoms with Crippen molar-refractivity contribution in [3.63, 3.8) is 0 Å². The molecule has 0 radical (unpaired) electrons. The maximum Gasteiger partial charge on any atom is 0.341 e. The molecule has 0 atom stereocenters. The molecule has 3 aromatic carbocycles. The number of benzene rings is 3. The minimum absolute atomic E-state index is 0.277. The van der Waals surface area contributed by atoms with Gasteiger partial charge in [0.1, 0.15) is 17.9 Å². The summed E-state index contributed by atoms with van der Waals surface area (Å²) in [6, 6.07) is 30.8. The van der Waals surface area contributed by atoms with Crippen molar-refractivity contribution in [1.29, 1.82) is 0 Å². The summed E-state index contributed by atoms with van der Waals surface area (Å²) >= 11 is 3.42. The van der Waals surface area contributed by atoms with Crippen LogP contribution in [0.3, 0.4) is 0 Å². The highest BCUT2D eigenvalue weighted by molar-refractivity contribution is 7.13. The first-order valence-electron chi connectivity index (χ1n) is 14.3. The summed E-state index contributed by atoms with van der Waals surface area (Å²) in [7, 11) is 3.01. The molecule has 0 bridgehead atoms. The van der Waals surface area contributed by atoms with Crippen LogP contribution in [0.4, 0.5) is 17.1 Å². The zero-order chi connectivity index (χ0) is 30.6. The molecule has 5 aromatic rings. The second-order valence-electron chi connectivity index (χ2n) is 9.62. The van der Waals surface area contributed by atoms with Crippen molar-refractivity contribution in [3.8, 4) is 26.6 Å². The van der Waals surface area contributed by atoms with Gasteiger partial charge in [-0.15, -0.1) is 22.7 Å². The van der Waals surface area contributed by atoms with Crippen LogP contribution in [0.2, 0.25) is 0 Å². The molecule has 9 heteroatoms. The zero-order valence-electron chi connectivity index (χ0n) is 24.8. The lowest BCUT2D eigenvalue weighted by Crippen LogP contribution is -2.15. The third-order valence-electron chi connectivity index (χ3n) is 6.78. The van der Waals surface area contributed by atoms with Crippen molar-refractivity contribution in [1.82, 2.24) is 0 Å². The lowest BCUT2D eigenvalue weighted by Gasteiger charge is -2.26. The van der Waals surface area contributed by atoms with Gasteiger partial charge in [-0.05, 0) is 76.5 Å². The van der Waals surface area contributed by atoms with Crippen LogP contribution < -0.4 is 9.64 Å². The average Bonchev–Trinajstić information content (AvgIpc) is 3.81. The number of methoxy groups -OCH3 is 2. The molecule has 0 aliphatic rings. The van der Waals surface area contributed by atoms with E-state index in [1.54, 1.807) is 29.8 Å². The number of anilines is 3. The predicted octanol–water partition coefficient (Wildman–Crippen LogP) is 8.46. The number of nitrogens with zero attached hydrogens (tertiary/aromatic N) is 1. The summed E-state index contributed by atoms with van der Waals surface area (Å²) < 4.78 is 27.1. The molecule has 0 unspecified atom stereocenters. The lowest BCUT2D eigenvalue weighted by molar-refractivity contribution is 0.0178. The molecule has 0 N–H and O–H groups in total. The maximum atomic E-state index is 12.9. The van der Waals surface area contributed by atoms with Crippen molar-refractivity contribution in [2.45, 2.75) is 0 Å². The summed E-state index contributed by atoms with van der Waals surface area (Å²) in [5.41, 5.74) is 5.36. The van der Waals surface area contributed by atoms with Gasteiger partial charge in [-0.25, -0.2) is 4.79 Å². The van der Waals surface area contributed by atoms with E-state index in [1.807, 2.05) is 18.2 Å². The molecule has 2 aromatic heterocycles. The summed E-state index contributed by atoms with van der Waals surface area (Å²) in [6.45, 7) is 2.63. The van der Waals surface area contributed by atoms with Gasteiger partial charge in [-0.3, -0.25) is 0 Å². The van der Waals surface area contributed by atoms with E-state index in [0.29, 0.717) is 44.3 Å². The predicted molar refractivity (Wildman–Crippen MR) is 178 cm³/mol. The Labute approximate surface area is 266 Å². The molecule has 0 fully saturated rings. The fraction of sp³-hybridized carbons (Fsp3) is 0.229. The Morgan fingerprint density at radius 1 is 0.636 bits per heavy atom. The first-order valence-corrected chi connectivity index (χ1v) is 16.0. The number of thiophene rings is 2. The number of hydrogen-bond donors (Lipinski definition) is 0. The Bertz CT molecular complexity index is 1490. The molecule has 0 amide bonds. The summed E-state index contributed by atoms with van der Waals surface area (Å²) in [5, 5.41) is 4.15. The molecule has 0 spiro atoms. The van der Waals surface area contributed by atoms with Crippen LogP contribution in [0.15, 0.2) is 102 Å². The van der Waals surface area contributed by atoms with E-state index < -0.39 is 5.97 Å². The number of esters is 1. The van der Waals surface area contributed by atoms with Crippen LogP contribution in [0, 0.1) is 0 Å². The normalized spacial score (nSPS) is 11.0. The lowest BCUT2D eigenvalue weighted by atomic mass is 10.1. The van der Waals surface area contributed by atoms with Gasteiger partial charge in [0, 0.05) is 33.9 Å². The van der Waals surface area contributed by atoms with E-state index in [-0.39, 0.29) is 6.61 Å². The molecule has 0 saturated carbocycles. The first kappa shape index (κ1) is 31.4. The van der Waals surface area contributed by atoms with E-state index >= 15 is 0 Å². The molecule has 0 aliphatic carbocycles. The van der Waals surface area contributed by atoms with Crippen LogP contribution in [0.1, 0.15) is 10.4 Å². The minimum atomic E-state index is -0.477. The van der Waals surface area contributed by atoms with Crippen molar-refractivity contribution in [3.05, 3.63) is 107 Å². The molecule has 44 heavy (non-hydrogen) atoms. The molecule has 0 aliphatic heterocycles. The van der Waals surface area contributed by atoms with E-state index in [0.717, 1.165) is 28.2 Å². The number of carbonyl (C=O) groups excluding carboxylic acids is 1. The maximum absolute atomic E-state index is 12.9. The summed E-state index contributed by atoms with van der Waals surface area (Å²) in [4.78, 5) is 17.5. The molecule has 7 nitrogen and oxygen atoms in total. The van der Waals surface area contributed by atoms with Gasteiger partial charge < -0.3 is 28.6 Å². The number of carbonyl (C=O) groups is 1. The highest BCUT2D eigenvalue weighted by atomic mass is 32.1. The van der Waals surface area contributed by atoms with Crippen molar-refractivity contribution in [2.75, 3.05) is 58.8 Å². The average molecular weight is 630 g/mol. The second-order valence-corrected chi connectivity index (χ2v) is 11.5. The SMILES string of the molecule is COCCOCCOCCOc1ccc(N(c2ccc(-c3cccs3)cc2)c2ccc(-c3cccs3)cc2)cc1C(=O)OC. The van der Waals surface area contributed by atoms with Gasteiger partial charge in [-0.1, -0.05) is 36.4 Å². The Morgan fingerprint density at radius 2 is 1.16 bits per heavy atom. The van der Waals surface area contributed by atoms with Crippen molar-refractivity contribution < 1.29 is 28.5 Å². The third-order valence-corrected chi connectivity index (χ3v) is 8.62. The van der Waals surface area contributed by atoms with Crippen LogP contribution in [0.5, 0.6) is 5.75 Å². The van der Waals surface area contributed by atoms with E-state index in [4.69, 9.17) is 23.7 Å². The van der Waals surface area contributed by atoms with Crippen LogP contribution in [0.25, 0.3) is 20.9 Å². The van der Waals surface area contributed by atoms with Crippen LogP contribution >= 0.6 is 22.7 Å². The zero-order valence-corrected chi connectivity index (χ0v) is 26.4. The molecular weight excluding hydrogens is 595 g/mol. The molecule has 2 heterocycles. The summed E-state index contributed by atoms with van der Waals surface area (Å²) in [6.07, 6.45) is 0. The third kappa shape index (κ3) is 8.13.